The Morgan fingerprint density at radius 2 is 2.05 bits per heavy atom. The highest BCUT2D eigenvalue weighted by Gasteiger charge is 2.40. The number of anilines is 3. The first kappa shape index (κ1) is 13.4. The third kappa shape index (κ3) is 1.73. The van der Waals surface area contributed by atoms with E-state index in [9.17, 15) is 4.55 Å². The Labute approximate surface area is 121 Å². The molecule has 0 fully saturated rings. The van der Waals surface area contributed by atoms with Gasteiger partial charge >= 0.3 is 5.09 Å². The van der Waals surface area contributed by atoms with E-state index in [4.69, 9.17) is 10.2 Å². The molecule has 2 aromatic rings. The summed E-state index contributed by atoms with van der Waals surface area (Å²) in [5.41, 5.74) is 8.57. The zero-order chi connectivity index (χ0) is 14.4. The third-order valence-corrected chi connectivity index (χ3v) is 4.91. The summed E-state index contributed by atoms with van der Waals surface area (Å²) in [6, 6.07) is 7.69. The molecule has 0 aliphatic carbocycles. The van der Waals surface area contributed by atoms with Crippen LogP contribution in [0.3, 0.4) is 0 Å². The highest BCUT2D eigenvalue weighted by atomic mass is 32.2. The predicted molar refractivity (Wildman–Crippen MR) is 81.0 cm³/mol. The average molecular weight is 290 g/mol. The van der Waals surface area contributed by atoms with Gasteiger partial charge in [0.2, 0.25) is 0 Å². The Balaban J connectivity index is 2.25. The molecule has 1 aromatic heterocycles. The van der Waals surface area contributed by atoms with Gasteiger partial charge in [-0.1, -0.05) is 26.0 Å². The van der Waals surface area contributed by atoms with Crippen molar-refractivity contribution in [2.75, 3.05) is 17.2 Å². The van der Waals surface area contributed by atoms with Gasteiger partial charge in [-0.3, -0.25) is 0 Å². The van der Waals surface area contributed by atoms with Gasteiger partial charge in [0, 0.05) is 12.5 Å². The van der Waals surface area contributed by atoms with Gasteiger partial charge in [0.05, 0.1) is 16.9 Å². The zero-order valence-electron chi connectivity index (χ0n) is 11.8. The highest BCUT2D eigenvalue weighted by Crippen LogP contribution is 2.50. The molecule has 20 heavy (non-hydrogen) atoms. The Kier molecular flexibility index (Phi) is 3.18. The van der Waals surface area contributed by atoms with Gasteiger partial charge in [0.25, 0.3) is 0 Å². The molecule has 1 atom stereocenters. The molecule has 1 aliphatic rings. The van der Waals surface area contributed by atoms with E-state index in [1.165, 1.54) is 0 Å². The van der Waals surface area contributed by atoms with Crippen LogP contribution >= 0.6 is 0 Å². The lowest BCUT2D eigenvalue weighted by molar-refractivity contribution is 0.401. The summed E-state index contributed by atoms with van der Waals surface area (Å²) in [5, 5.41) is 0.478. The van der Waals surface area contributed by atoms with Crippen molar-refractivity contribution in [3.8, 4) is 0 Å². The minimum Gasteiger partial charge on any atom is -0.604 e. The first-order valence-corrected chi connectivity index (χ1v) is 7.91. The van der Waals surface area contributed by atoms with Crippen LogP contribution in [-0.4, -0.2) is 11.1 Å². The molecule has 2 N–H and O–H groups in total. The zero-order valence-corrected chi connectivity index (χ0v) is 12.7. The molecule has 106 valence electrons. The molecular formula is C15H18N2O2S. The summed E-state index contributed by atoms with van der Waals surface area (Å²) in [5.74, 6) is 0.883. The van der Waals surface area contributed by atoms with Gasteiger partial charge in [0.15, 0.2) is 10.6 Å². The molecule has 0 saturated carbocycles. The molecule has 5 heteroatoms. The SMILES string of the molecule is CCN1c2ccccc2[S+]([O-])c2oc(C(C)C)c(N)c21. The maximum Gasteiger partial charge on any atom is 0.343 e. The van der Waals surface area contributed by atoms with Crippen molar-refractivity contribution in [2.24, 2.45) is 0 Å². The van der Waals surface area contributed by atoms with Crippen LogP contribution < -0.4 is 10.6 Å². The van der Waals surface area contributed by atoms with Crippen LogP contribution in [0.4, 0.5) is 17.1 Å². The summed E-state index contributed by atoms with van der Waals surface area (Å²) in [6.07, 6.45) is 0. The number of furan rings is 1. The number of fused-ring (bicyclic) bond motifs is 2. The second kappa shape index (κ2) is 4.75. The van der Waals surface area contributed by atoms with Crippen molar-refractivity contribution in [3.05, 3.63) is 30.0 Å². The molecule has 0 amide bonds. The van der Waals surface area contributed by atoms with Crippen LogP contribution in [0.15, 0.2) is 38.7 Å². The number of nitrogens with two attached hydrogens (primary N) is 1. The Morgan fingerprint density at radius 3 is 2.70 bits per heavy atom. The number of hydrogen-bond donors (Lipinski definition) is 1. The maximum atomic E-state index is 12.7. The maximum absolute atomic E-state index is 12.7. The first-order chi connectivity index (χ1) is 9.56. The summed E-state index contributed by atoms with van der Waals surface area (Å²) >= 11 is -1.31. The van der Waals surface area contributed by atoms with Gasteiger partial charge in [0.1, 0.15) is 11.4 Å². The molecule has 1 aromatic carbocycles. The molecule has 0 bridgehead atoms. The quantitative estimate of drug-likeness (QED) is 0.858. The van der Waals surface area contributed by atoms with E-state index < -0.39 is 11.2 Å². The molecule has 0 saturated heterocycles. The van der Waals surface area contributed by atoms with Gasteiger partial charge in [-0.15, -0.1) is 0 Å². The van der Waals surface area contributed by atoms with E-state index in [1.807, 2.05) is 38.1 Å². The lowest BCUT2D eigenvalue weighted by atomic mass is 10.1. The number of rotatable bonds is 2. The van der Waals surface area contributed by atoms with Crippen LogP contribution in [0, 0.1) is 0 Å². The number of nitrogen functional groups attached to an aromatic ring is 1. The van der Waals surface area contributed by atoms with Crippen LogP contribution in [-0.2, 0) is 11.2 Å². The number of benzene rings is 1. The smallest absolute Gasteiger partial charge is 0.343 e. The van der Waals surface area contributed by atoms with Gasteiger partial charge in [-0.05, 0) is 19.1 Å². The second-order valence-electron chi connectivity index (χ2n) is 5.15. The number of hydrogen-bond acceptors (Lipinski definition) is 4. The van der Waals surface area contributed by atoms with E-state index in [-0.39, 0.29) is 5.92 Å². The van der Waals surface area contributed by atoms with Gasteiger partial charge in [-0.25, -0.2) is 0 Å². The molecule has 0 spiro atoms. The molecular weight excluding hydrogens is 272 g/mol. The van der Waals surface area contributed by atoms with Crippen molar-refractivity contribution in [1.29, 1.82) is 0 Å². The fourth-order valence-corrected chi connectivity index (χ4v) is 3.96. The van der Waals surface area contributed by atoms with E-state index >= 15 is 0 Å². The van der Waals surface area contributed by atoms with Crippen molar-refractivity contribution < 1.29 is 8.97 Å². The van der Waals surface area contributed by atoms with E-state index in [0.29, 0.717) is 10.8 Å². The van der Waals surface area contributed by atoms with Crippen molar-refractivity contribution in [3.63, 3.8) is 0 Å². The summed E-state index contributed by atoms with van der Waals surface area (Å²) in [6.45, 7) is 6.85. The molecule has 1 unspecified atom stereocenters. The topological polar surface area (TPSA) is 65.5 Å². The van der Waals surface area contributed by atoms with E-state index in [2.05, 4.69) is 11.8 Å². The molecule has 2 heterocycles. The molecule has 3 rings (SSSR count). The minimum absolute atomic E-state index is 0.166. The van der Waals surface area contributed by atoms with Crippen molar-refractivity contribution in [2.45, 2.75) is 36.7 Å². The highest BCUT2D eigenvalue weighted by molar-refractivity contribution is 7.91. The monoisotopic (exact) mass is 290 g/mol. The minimum atomic E-state index is -1.31. The summed E-state index contributed by atoms with van der Waals surface area (Å²) < 4.78 is 18.5. The van der Waals surface area contributed by atoms with Gasteiger partial charge in [-0.2, -0.15) is 0 Å². The summed E-state index contributed by atoms with van der Waals surface area (Å²) in [4.78, 5) is 2.86. The van der Waals surface area contributed by atoms with E-state index in [0.717, 1.165) is 28.6 Å². The lowest BCUT2D eigenvalue weighted by Crippen LogP contribution is -2.25. The first-order valence-electron chi connectivity index (χ1n) is 6.76. The standard InChI is InChI=1S/C15H18N2O2S/c1-4-17-10-7-5-6-8-11(10)20(18)15-13(17)12(16)14(19-15)9(2)3/h5-9H,4,16H2,1-3H3. The lowest BCUT2D eigenvalue weighted by Gasteiger charge is -2.28. The van der Waals surface area contributed by atoms with Crippen molar-refractivity contribution >= 4 is 28.2 Å². The summed E-state index contributed by atoms with van der Waals surface area (Å²) in [7, 11) is 0. The number of para-hydroxylation sites is 1. The largest absolute Gasteiger partial charge is 0.604 e. The molecule has 4 nitrogen and oxygen atoms in total. The van der Waals surface area contributed by atoms with Crippen LogP contribution in [0.5, 0.6) is 0 Å². The Bertz CT molecular complexity index is 651. The van der Waals surface area contributed by atoms with E-state index in [1.54, 1.807) is 0 Å². The van der Waals surface area contributed by atoms with Gasteiger partial charge < -0.3 is 19.6 Å². The Morgan fingerprint density at radius 1 is 1.35 bits per heavy atom. The fourth-order valence-electron chi connectivity index (χ4n) is 2.63. The number of nitrogens with zero attached hydrogens (tertiary/aromatic N) is 1. The normalized spacial score (nSPS) is 17.2. The third-order valence-electron chi connectivity index (χ3n) is 3.55. The average Bonchev–Trinajstić information content (AvgIpc) is 2.78. The fraction of sp³-hybridized carbons (Fsp3) is 0.333. The molecule has 1 aliphatic heterocycles. The van der Waals surface area contributed by atoms with Crippen molar-refractivity contribution in [1.82, 2.24) is 0 Å². The second-order valence-corrected chi connectivity index (χ2v) is 6.50. The van der Waals surface area contributed by atoms with Crippen LogP contribution in [0.1, 0.15) is 32.4 Å². The Hall–Kier alpha value is -1.59. The van der Waals surface area contributed by atoms with Crippen LogP contribution in [0.25, 0.3) is 0 Å². The molecule has 0 radical (unpaired) electrons. The predicted octanol–water partition coefficient (Wildman–Crippen LogP) is 3.62. The van der Waals surface area contributed by atoms with Crippen LogP contribution in [0.2, 0.25) is 0 Å².